The van der Waals surface area contributed by atoms with E-state index in [2.05, 4.69) is 0 Å². The predicted molar refractivity (Wildman–Crippen MR) is 104 cm³/mol. The maximum atomic E-state index is 13.1. The van der Waals surface area contributed by atoms with Crippen LogP contribution in [0, 0.1) is 0 Å². The van der Waals surface area contributed by atoms with Crippen LogP contribution < -0.4 is 0 Å². The second kappa shape index (κ2) is 7.21. The van der Waals surface area contributed by atoms with E-state index in [-0.39, 0.29) is 11.4 Å². The van der Waals surface area contributed by atoms with Gasteiger partial charge in [-0.05, 0) is 22.6 Å². The monoisotopic (exact) mass is 375 g/mol. The maximum absolute atomic E-state index is 13.1. The summed E-state index contributed by atoms with van der Waals surface area (Å²) >= 11 is 1.30. The highest BCUT2D eigenvalue weighted by atomic mass is 32.1. The number of benzene rings is 2. The summed E-state index contributed by atoms with van der Waals surface area (Å²) in [5.74, 6) is -1.29. The van der Waals surface area contributed by atoms with Gasteiger partial charge in [0, 0.05) is 6.54 Å². The van der Waals surface area contributed by atoms with Crippen LogP contribution in [-0.2, 0) is 11.3 Å². The van der Waals surface area contributed by atoms with Crippen LogP contribution in [0.2, 0.25) is 0 Å². The highest BCUT2D eigenvalue weighted by Gasteiger charge is 2.43. The van der Waals surface area contributed by atoms with Crippen molar-refractivity contribution in [1.82, 2.24) is 4.90 Å². The molecule has 1 aliphatic rings. The Labute approximate surface area is 161 Å². The zero-order valence-electron chi connectivity index (χ0n) is 14.4. The summed E-state index contributed by atoms with van der Waals surface area (Å²) in [6.07, 6.45) is 0. The maximum Gasteiger partial charge on any atom is 0.290 e. The SMILES string of the molecule is O=C(C1=C(O)C(=O)N(Cc2ccccc2)C1c1ccccc1)c1cccs1. The molecule has 134 valence electrons. The lowest BCUT2D eigenvalue weighted by molar-refractivity contribution is -0.130. The number of hydrogen-bond donors (Lipinski definition) is 1. The molecule has 3 aromatic rings. The number of carbonyl (C=O) groups is 2. The van der Waals surface area contributed by atoms with Crippen molar-refractivity contribution in [2.75, 3.05) is 0 Å². The van der Waals surface area contributed by atoms with Crippen LogP contribution in [0.1, 0.15) is 26.8 Å². The van der Waals surface area contributed by atoms with Crippen molar-refractivity contribution in [3.05, 3.63) is 106 Å². The minimum absolute atomic E-state index is 0.143. The molecule has 1 aromatic heterocycles. The number of rotatable bonds is 5. The third kappa shape index (κ3) is 3.17. The molecule has 1 unspecified atom stereocenters. The van der Waals surface area contributed by atoms with E-state index in [0.29, 0.717) is 11.4 Å². The first kappa shape index (κ1) is 17.2. The van der Waals surface area contributed by atoms with E-state index in [4.69, 9.17) is 0 Å². The van der Waals surface area contributed by atoms with Gasteiger partial charge < -0.3 is 10.0 Å². The fourth-order valence-electron chi connectivity index (χ4n) is 3.35. The van der Waals surface area contributed by atoms with Crippen molar-refractivity contribution in [2.45, 2.75) is 12.6 Å². The molecule has 1 N–H and O–H groups in total. The van der Waals surface area contributed by atoms with Crippen molar-refractivity contribution in [3.63, 3.8) is 0 Å². The minimum Gasteiger partial charge on any atom is -0.503 e. The normalized spacial score (nSPS) is 16.8. The van der Waals surface area contributed by atoms with Crippen LogP contribution in [0.3, 0.4) is 0 Å². The fraction of sp³-hybridized carbons (Fsp3) is 0.0909. The lowest BCUT2D eigenvalue weighted by atomic mass is 9.95. The molecule has 0 radical (unpaired) electrons. The van der Waals surface area contributed by atoms with Gasteiger partial charge in [0.15, 0.2) is 5.76 Å². The zero-order valence-corrected chi connectivity index (χ0v) is 15.2. The van der Waals surface area contributed by atoms with E-state index in [1.807, 2.05) is 60.7 Å². The number of amides is 1. The van der Waals surface area contributed by atoms with Gasteiger partial charge in [0.2, 0.25) is 5.78 Å². The molecule has 2 heterocycles. The van der Waals surface area contributed by atoms with Crippen LogP contribution in [0.15, 0.2) is 89.5 Å². The van der Waals surface area contributed by atoms with Gasteiger partial charge in [-0.1, -0.05) is 66.7 Å². The molecule has 0 bridgehead atoms. The smallest absolute Gasteiger partial charge is 0.290 e. The quantitative estimate of drug-likeness (QED) is 0.667. The van der Waals surface area contributed by atoms with Crippen LogP contribution in [-0.4, -0.2) is 21.7 Å². The molecule has 4 rings (SSSR count). The summed E-state index contributed by atoms with van der Waals surface area (Å²) in [5.41, 5.74) is 1.87. The molecule has 0 aliphatic carbocycles. The van der Waals surface area contributed by atoms with E-state index < -0.39 is 17.7 Å². The van der Waals surface area contributed by atoms with Crippen LogP contribution in [0.4, 0.5) is 0 Å². The summed E-state index contributed by atoms with van der Waals surface area (Å²) in [4.78, 5) is 28.0. The van der Waals surface area contributed by atoms with Gasteiger partial charge in [-0.3, -0.25) is 9.59 Å². The minimum atomic E-state index is -0.617. The van der Waals surface area contributed by atoms with Gasteiger partial charge in [-0.2, -0.15) is 0 Å². The van der Waals surface area contributed by atoms with E-state index in [0.717, 1.165) is 11.1 Å². The highest BCUT2D eigenvalue weighted by Crippen LogP contribution is 2.40. The Morgan fingerprint density at radius 3 is 2.26 bits per heavy atom. The standard InChI is InChI=1S/C22H17NO3S/c24-20(17-12-7-13-27-17)18-19(16-10-5-2-6-11-16)23(22(26)21(18)25)14-15-8-3-1-4-9-15/h1-13,19,25H,14H2. The van der Waals surface area contributed by atoms with Crippen molar-refractivity contribution in [1.29, 1.82) is 0 Å². The fourth-order valence-corrected chi connectivity index (χ4v) is 4.03. The number of ketones is 1. The Morgan fingerprint density at radius 1 is 0.963 bits per heavy atom. The molecule has 1 aliphatic heterocycles. The number of aliphatic hydroxyl groups excluding tert-OH is 1. The number of thiophene rings is 1. The molecule has 0 saturated heterocycles. The molecule has 4 nitrogen and oxygen atoms in total. The van der Waals surface area contributed by atoms with Crippen LogP contribution in [0.5, 0.6) is 0 Å². The predicted octanol–water partition coefficient (Wildman–Crippen LogP) is 4.53. The van der Waals surface area contributed by atoms with Crippen molar-refractivity contribution >= 4 is 23.0 Å². The number of carbonyl (C=O) groups excluding carboxylic acids is 2. The average molecular weight is 375 g/mol. The molecular formula is C22H17NO3S. The van der Waals surface area contributed by atoms with Gasteiger partial charge in [-0.15, -0.1) is 11.3 Å². The van der Waals surface area contributed by atoms with E-state index in [1.165, 1.54) is 11.3 Å². The number of aliphatic hydroxyl groups is 1. The van der Waals surface area contributed by atoms with Crippen LogP contribution >= 0.6 is 11.3 Å². The molecule has 5 heteroatoms. The largest absolute Gasteiger partial charge is 0.503 e. The molecule has 1 amide bonds. The first-order chi connectivity index (χ1) is 13.2. The van der Waals surface area contributed by atoms with Gasteiger partial charge in [0.25, 0.3) is 5.91 Å². The molecular weight excluding hydrogens is 358 g/mol. The van der Waals surface area contributed by atoms with E-state index >= 15 is 0 Å². The summed E-state index contributed by atoms with van der Waals surface area (Å²) in [5, 5.41) is 12.4. The zero-order chi connectivity index (χ0) is 18.8. The number of Topliss-reactive ketones (excluding diaryl/α,β-unsaturated/α-hetero) is 1. The molecule has 0 fully saturated rings. The molecule has 1 atom stereocenters. The van der Waals surface area contributed by atoms with Gasteiger partial charge in [0.05, 0.1) is 16.5 Å². The van der Waals surface area contributed by atoms with Crippen LogP contribution in [0.25, 0.3) is 0 Å². The summed E-state index contributed by atoms with van der Waals surface area (Å²) in [6.45, 7) is 0.310. The van der Waals surface area contributed by atoms with E-state index in [9.17, 15) is 14.7 Å². The lowest BCUT2D eigenvalue weighted by Gasteiger charge is -2.27. The summed E-state index contributed by atoms with van der Waals surface area (Å²) < 4.78 is 0. The van der Waals surface area contributed by atoms with Gasteiger partial charge in [0.1, 0.15) is 0 Å². The Hall–Kier alpha value is -3.18. The highest BCUT2D eigenvalue weighted by molar-refractivity contribution is 7.12. The first-order valence-corrected chi connectivity index (χ1v) is 9.46. The third-order valence-electron chi connectivity index (χ3n) is 4.60. The topological polar surface area (TPSA) is 57.6 Å². The Bertz CT molecular complexity index is 995. The van der Waals surface area contributed by atoms with Crippen molar-refractivity contribution in [2.24, 2.45) is 0 Å². The molecule has 2 aromatic carbocycles. The average Bonchev–Trinajstić information content (AvgIpc) is 3.32. The van der Waals surface area contributed by atoms with E-state index in [1.54, 1.807) is 22.4 Å². The Kier molecular flexibility index (Phi) is 4.60. The first-order valence-electron chi connectivity index (χ1n) is 8.58. The molecule has 27 heavy (non-hydrogen) atoms. The number of nitrogens with zero attached hydrogens (tertiary/aromatic N) is 1. The summed E-state index contributed by atoms with van der Waals surface area (Å²) in [6, 6.07) is 21.8. The second-order valence-corrected chi connectivity index (χ2v) is 7.25. The summed E-state index contributed by atoms with van der Waals surface area (Å²) in [7, 11) is 0. The third-order valence-corrected chi connectivity index (χ3v) is 5.47. The Balaban J connectivity index is 1.79. The Morgan fingerprint density at radius 2 is 1.63 bits per heavy atom. The second-order valence-electron chi connectivity index (χ2n) is 6.30. The number of hydrogen-bond acceptors (Lipinski definition) is 4. The molecule has 0 spiro atoms. The van der Waals surface area contributed by atoms with Crippen molar-refractivity contribution in [3.8, 4) is 0 Å². The van der Waals surface area contributed by atoms with Crippen molar-refractivity contribution < 1.29 is 14.7 Å². The van der Waals surface area contributed by atoms with Gasteiger partial charge in [-0.25, -0.2) is 0 Å². The van der Waals surface area contributed by atoms with Gasteiger partial charge >= 0.3 is 0 Å². The lowest BCUT2D eigenvalue weighted by Crippen LogP contribution is -2.30. The molecule has 0 saturated carbocycles.